The fourth-order valence-electron chi connectivity index (χ4n) is 1.57. The Balaban J connectivity index is 2.73. The van der Waals surface area contributed by atoms with Crippen LogP contribution in [0.15, 0.2) is 23.1 Å². The van der Waals surface area contributed by atoms with Gasteiger partial charge in [0, 0.05) is 24.7 Å². The lowest BCUT2D eigenvalue weighted by atomic mass is 10.2. The highest BCUT2D eigenvalue weighted by Crippen LogP contribution is 2.20. The smallest absolute Gasteiger partial charge is 0.240 e. The number of benzene rings is 1. The van der Waals surface area contributed by atoms with Gasteiger partial charge in [0.15, 0.2) is 0 Å². The predicted octanol–water partition coefficient (Wildman–Crippen LogP) is 1.76. The van der Waals surface area contributed by atoms with Crippen LogP contribution in [0.3, 0.4) is 0 Å². The maximum atomic E-state index is 12.0. The lowest BCUT2D eigenvalue weighted by molar-refractivity contribution is 0.153. The first-order valence-corrected chi connectivity index (χ1v) is 8.44. The minimum Gasteiger partial charge on any atom is -0.380 e. The summed E-state index contributed by atoms with van der Waals surface area (Å²) in [6.45, 7) is 6.46. The average molecular weight is 321 g/mol. The molecule has 5 nitrogen and oxygen atoms in total. The molecule has 0 saturated carbocycles. The number of nitrogens with one attached hydrogen (secondary N) is 2. The first-order chi connectivity index (χ1) is 9.51. The Morgan fingerprint density at radius 3 is 2.65 bits per heavy atom. The van der Waals surface area contributed by atoms with Gasteiger partial charge in [-0.05, 0) is 31.2 Å². The first-order valence-electron chi connectivity index (χ1n) is 6.57. The number of ether oxygens (including phenoxy) is 1. The van der Waals surface area contributed by atoms with Gasteiger partial charge >= 0.3 is 0 Å². The molecule has 0 atom stereocenters. The maximum Gasteiger partial charge on any atom is 0.240 e. The monoisotopic (exact) mass is 320 g/mol. The molecule has 1 aromatic carbocycles. The van der Waals surface area contributed by atoms with Crippen LogP contribution >= 0.6 is 11.6 Å². The minimum absolute atomic E-state index is 0.166. The van der Waals surface area contributed by atoms with Gasteiger partial charge in [-0.2, -0.15) is 0 Å². The van der Waals surface area contributed by atoms with E-state index in [1.807, 2.05) is 13.8 Å². The molecule has 7 heteroatoms. The number of hydrogen-bond donors (Lipinski definition) is 2. The summed E-state index contributed by atoms with van der Waals surface area (Å²) in [5.41, 5.74) is 0.877. The summed E-state index contributed by atoms with van der Waals surface area (Å²) in [7, 11) is -3.54. The third-order valence-corrected chi connectivity index (χ3v) is 4.45. The van der Waals surface area contributed by atoms with Crippen molar-refractivity contribution in [2.75, 3.05) is 26.3 Å². The van der Waals surface area contributed by atoms with E-state index in [9.17, 15) is 8.42 Å². The van der Waals surface area contributed by atoms with E-state index >= 15 is 0 Å². The Morgan fingerprint density at radius 1 is 1.30 bits per heavy atom. The van der Waals surface area contributed by atoms with Gasteiger partial charge in [-0.25, -0.2) is 13.1 Å². The number of halogens is 1. The zero-order chi connectivity index (χ0) is 15.0. The van der Waals surface area contributed by atoms with Crippen LogP contribution in [0.5, 0.6) is 0 Å². The molecule has 0 saturated heterocycles. The summed E-state index contributed by atoms with van der Waals surface area (Å²) < 4.78 is 31.6. The van der Waals surface area contributed by atoms with Crippen LogP contribution in [-0.2, 0) is 21.3 Å². The lowest BCUT2D eigenvalue weighted by Gasteiger charge is -2.09. The van der Waals surface area contributed by atoms with Crippen molar-refractivity contribution in [1.82, 2.24) is 10.0 Å². The molecule has 0 aliphatic heterocycles. The second-order valence-electron chi connectivity index (χ2n) is 4.13. The number of hydrogen-bond acceptors (Lipinski definition) is 4. The Morgan fingerprint density at radius 2 is 2.05 bits per heavy atom. The molecular weight excluding hydrogens is 300 g/mol. The fraction of sp³-hybridized carbons (Fsp3) is 0.538. The molecule has 0 aliphatic carbocycles. The van der Waals surface area contributed by atoms with Gasteiger partial charge in [0.1, 0.15) is 0 Å². The summed E-state index contributed by atoms with van der Waals surface area (Å²) in [4.78, 5) is 0.166. The molecule has 114 valence electrons. The molecule has 0 aromatic heterocycles. The minimum atomic E-state index is -3.54. The van der Waals surface area contributed by atoms with E-state index in [2.05, 4.69) is 10.0 Å². The van der Waals surface area contributed by atoms with Crippen LogP contribution in [0.1, 0.15) is 19.4 Å². The summed E-state index contributed by atoms with van der Waals surface area (Å²) in [5, 5.41) is 3.59. The molecule has 1 aromatic rings. The van der Waals surface area contributed by atoms with Crippen molar-refractivity contribution in [2.45, 2.75) is 25.3 Å². The number of rotatable bonds is 9. The number of sulfonamides is 1. The highest BCUT2D eigenvalue weighted by atomic mass is 35.5. The standard InChI is InChI=1S/C13H21ClN2O3S/c1-3-15-10-11-5-6-12(9-13(11)14)20(17,18)16-7-8-19-4-2/h5-6,9,15-16H,3-4,7-8,10H2,1-2H3. The highest BCUT2D eigenvalue weighted by molar-refractivity contribution is 7.89. The van der Waals surface area contributed by atoms with E-state index in [-0.39, 0.29) is 11.4 Å². The van der Waals surface area contributed by atoms with E-state index in [1.54, 1.807) is 12.1 Å². The maximum absolute atomic E-state index is 12.0. The van der Waals surface area contributed by atoms with E-state index in [4.69, 9.17) is 16.3 Å². The quantitative estimate of drug-likeness (QED) is 0.680. The molecule has 0 fully saturated rings. The van der Waals surface area contributed by atoms with E-state index in [1.165, 1.54) is 6.07 Å². The van der Waals surface area contributed by atoms with Crippen LogP contribution in [0.4, 0.5) is 0 Å². The predicted molar refractivity (Wildman–Crippen MR) is 80.5 cm³/mol. The summed E-state index contributed by atoms with van der Waals surface area (Å²) in [5.74, 6) is 0. The average Bonchev–Trinajstić information content (AvgIpc) is 2.42. The van der Waals surface area contributed by atoms with Gasteiger partial charge in [0.05, 0.1) is 11.5 Å². The summed E-state index contributed by atoms with van der Waals surface area (Å²) in [6, 6.07) is 4.75. The highest BCUT2D eigenvalue weighted by Gasteiger charge is 2.14. The van der Waals surface area contributed by atoms with Crippen molar-refractivity contribution in [3.05, 3.63) is 28.8 Å². The first kappa shape index (κ1) is 17.4. The van der Waals surface area contributed by atoms with E-state index < -0.39 is 10.0 Å². The molecular formula is C13H21ClN2O3S. The van der Waals surface area contributed by atoms with Crippen molar-refractivity contribution in [2.24, 2.45) is 0 Å². The van der Waals surface area contributed by atoms with Gasteiger partial charge in [-0.15, -0.1) is 0 Å². The van der Waals surface area contributed by atoms with E-state index in [0.717, 1.165) is 12.1 Å². The molecule has 1 rings (SSSR count). The van der Waals surface area contributed by atoms with Gasteiger partial charge in [0.2, 0.25) is 10.0 Å². The van der Waals surface area contributed by atoms with Crippen molar-refractivity contribution >= 4 is 21.6 Å². The molecule has 0 spiro atoms. The zero-order valence-electron chi connectivity index (χ0n) is 11.8. The molecule has 0 bridgehead atoms. The van der Waals surface area contributed by atoms with Gasteiger partial charge in [0.25, 0.3) is 0 Å². The SMILES string of the molecule is CCNCc1ccc(S(=O)(=O)NCCOCC)cc1Cl. The molecule has 0 heterocycles. The molecule has 0 amide bonds. The second kappa shape index (κ2) is 8.59. The molecule has 20 heavy (non-hydrogen) atoms. The van der Waals surface area contributed by atoms with Gasteiger partial charge in [-0.1, -0.05) is 24.6 Å². The van der Waals surface area contributed by atoms with Crippen LogP contribution < -0.4 is 10.0 Å². The van der Waals surface area contributed by atoms with E-state index in [0.29, 0.717) is 24.8 Å². The van der Waals surface area contributed by atoms with Crippen LogP contribution in [0, 0.1) is 0 Å². The molecule has 2 N–H and O–H groups in total. The van der Waals surface area contributed by atoms with Crippen LogP contribution in [-0.4, -0.2) is 34.7 Å². The normalized spacial score (nSPS) is 11.8. The largest absolute Gasteiger partial charge is 0.380 e. The van der Waals surface area contributed by atoms with Gasteiger partial charge < -0.3 is 10.1 Å². The topological polar surface area (TPSA) is 67.4 Å². The zero-order valence-corrected chi connectivity index (χ0v) is 13.4. The fourth-order valence-corrected chi connectivity index (χ4v) is 2.93. The van der Waals surface area contributed by atoms with Crippen molar-refractivity contribution in [3.8, 4) is 0 Å². The Labute approximate surface area is 125 Å². The van der Waals surface area contributed by atoms with Crippen LogP contribution in [0.2, 0.25) is 5.02 Å². The van der Waals surface area contributed by atoms with Crippen molar-refractivity contribution in [1.29, 1.82) is 0 Å². The Hall–Kier alpha value is -0.660. The third-order valence-electron chi connectivity index (χ3n) is 2.64. The summed E-state index contributed by atoms with van der Waals surface area (Å²) >= 11 is 6.10. The Bertz CT molecular complexity index is 520. The summed E-state index contributed by atoms with van der Waals surface area (Å²) in [6.07, 6.45) is 0. The lowest BCUT2D eigenvalue weighted by Crippen LogP contribution is -2.27. The second-order valence-corrected chi connectivity index (χ2v) is 6.30. The van der Waals surface area contributed by atoms with Crippen molar-refractivity contribution < 1.29 is 13.2 Å². The third kappa shape index (κ3) is 5.38. The van der Waals surface area contributed by atoms with Crippen LogP contribution in [0.25, 0.3) is 0 Å². The molecule has 0 unspecified atom stereocenters. The molecule has 0 aliphatic rings. The van der Waals surface area contributed by atoms with Gasteiger partial charge in [-0.3, -0.25) is 0 Å². The Kier molecular flexibility index (Phi) is 7.47. The van der Waals surface area contributed by atoms with Crippen molar-refractivity contribution in [3.63, 3.8) is 0 Å². The molecule has 0 radical (unpaired) electrons.